The fourth-order valence-corrected chi connectivity index (χ4v) is 4.35. The van der Waals surface area contributed by atoms with E-state index in [-0.39, 0.29) is 30.8 Å². The van der Waals surface area contributed by atoms with Gasteiger partial charge in [0.1, 0.15) is 18.0 Å². The van der Waals surface area contributed by atoms with Crippen LogP contribution in [0.5, 0.6) is 5.75 Å². The highest BCUT2D eigenvalue weighted by Crippen LogP contribution is 2.28. The first kappa shape index (κ1) is 23.9. The highest BCUT2D eigenvalue weighted by Gasteiger charge is 2.42. The van der Waals surface area contributed by atoms with Gasteiger partial charge in [0.15, 0.2) is 0 Å². The molecule has 0 aromatic heterocycles. The third kappa shape index (κ3) is 6.59. The lowest BCUT2D eigenvalue weighted by molar-refractivity contribution is -0.166. The number of likely N-dealkylation sites (tertiary alicyclic amines) is 1. The summed E-state index contributed by atoms with van der Waals surface area (Å²) in [5, 5.41) is 0.682. The quantitative estimate of drug-likeness (QED) is 0.628. The molecule has 0 aliphatic carbocycles. The predicted molar refractivity (Wildman–Crippen MR) is 121 cm³/mol. The molecule has 2 heterocycles. The summed E-state index contributed by atoms with van der Waals surface area (Å²) in [6.45, 7) is 9.11. The van der Waals surface area contributed by atoms with E-state index in [1.165, 1.54) is 6.42 Å². The number of carbonyl (C=O) groups is 2. The topological polar surface area (TPSA) is 59.1 Å². The zero-order valence-corrected chi connectivity index (χ0v) is 19.7. The van der Waals surface area contributed by atoms with Crippen molar-refractivity contribution in [3.05, 3.63) is 28.8 Å². The summed E-state index contributed by atoms with van der Waals surface area (Å²) >= 11 is 6.13. The van der Waals surface area contributed by atoms with Crippen LogP contribution in [0.3, 0.4) is 0 Å². The normalized spacial score (nSPS) is 22.0. The molecule has 0 radical (unpaired) electrons. The lowest BCUT2D eigenvalue weighted by Crippen LogP contribution is -2.58. The maximum Gasteiger partial charge on any atom is 0.225 e. The molecule has 1 aromatic rings. The van der Waals surface area contributed by atoms with Crippen LogP contribution in [0.1, 0.15) is 51.5 Å². The maximum absolute atomic E-state index is 13.1. The lowest BCUT2D eigenvalue weighted by atomic mass is 9.95. The van der Waals surface area contributed by atoms with Crippen molar-refractivity contribution in [2.45, 2.75) is 58.5 Å². The number of hydrogen-bond acceptors (Lipinski definition) is 4. The van der Waals surface area contributed by atoms with Crippen molar-refractivity contribution in [3.8, 4) is 5.75 Å². The van der Waals surface area contributed by atoms with Gasteiger partial charge >= 0.3 is 0 Å². The minimum Gasteiger partial charge on any atom is -0.490 e. The van der Waals surface area contributed by atoms with E-state index >= 15 is 0 Å². The molecule has 0 N–H and O–H groups in total. The van der Waals surface area contributed by atoms with Gasteiger partial charge in [-0.25, -0.2) is 0 Å². The highest BCUT2D eigenvalue weighted by molar-refractivity contribution is 6.31. The summed E-state index contributed by atoms with van der Waals surface area (Å²) in [6, 6.07) is 5.50. The molecule has 1 aromatic carbocycles. The fraction of sp³-hybridized carbons (Fsp3) is 0.667. The van der Waals surface area contributed by atoms with Gasteiger partial charge in [-0.05, 0) is 55.9 Å². The zero-order valence-electron chi connectivity index (χ0n) is 19.0. The summed E-state index contributed by atoms with van der Waals surface area (Å²) in [5.41, 5.74) is 0.0726. The Hall–Kier alpha value is -1.79. The number of ether oxygens (including phenoxy) is 2. The number of nitrogens with zero attached hydrogens (tertiary/aromatic N) is 2. The molecule has 2 aliphatic heterocycles. The van der Waals surface area contributed by atoms with Crippen LogP contribution in [-0.4, -0.2) is 66.6 Å². The molecule has 0 unspecified atom stereocenters. The van der Waals surface area contributed by atoms with Gasteiger partial charge < -0.3 is 19.3 Å². The van der Waals surface area contributed by atoms with Crippen molar-refractivity contribution < 1.29 is 19.1 Å². The molecule has 0 saturated carbocycles. The minimum atomic E-state index is -0.854. The first-order valence-corrected chi connectivity index (χ1v) is 11.7. The van der Waals surface area contributed by atoms with Crippen molar-refractivity contribution in [3.63, 3.8) is 0 Å². The van der Waals surface area contributed by atoms with Crippen LogP contribution in [-0.2, 0) is 14.3 Å². The monoisotopic (exact) mass is 450 g/mol. The Kier molecular flexibility index (Phi) is 8.23. The third-order valence-corrected chi connectivity index (χ3v) is 6.42. The van der Waals surface area contributed by atoms with E-state index in [0.29, 0.717) is 36.9 Å². The molecular formula is C24H35ClN2O4. The summed E-state index contributed by atoms with van der Waals surface area (Å²) in [4.78, 5) is 29.6. The smallest absolute Gasteiger partial charge is 0.225 e. The van der Waals surface area contributed by atoms with Crippen molar-refractivity contribution in [1.82, 2.24) is 9.80 Å². The van der Waals surface area contributed by atoms with E-state index in [1.807, 2.05) is 42.7 Å². The highest BCUT2D eigenvalue weighted by atomic mass is 35.5. The van der Waals surface area contributed by atoms with Crippen LogP contribution in [0.25, 0.3) is 0 Å². The van der Waals surface area contributed by atoms with Crippen LogP contribution in [0.15, 0.2) is 18.2 Å². The van der Waals surface area contributed by atoms with Gasteiger partial charge in [-0.3, -0.25) is 9.59 Å². The van der Waals surface area contributed by atoms with Crippen LogP contribution in [0.4, 0.5) is 0 Å². The fourth-order valence-electron chi connectivity index (χ4n) is 4.23. The Morgan fingerprint density at radius 3 is 2.55 bits per heavy atom. The van der Waals surface area contributed by atoms with E-state index in [1.54, 1.807) is 6.07 Å². The third-order valence-electron chi connectivity index (χ3n) is 6.00. The Labute approximate surface area is 190 Å². The number of aryl methyl sites for hydroxylation is 1. The van der Waals surface area contributed by atoms with Crippen LogP contribution in [0.2, 0.25) is 5.02 Å². The molecular weight excluding hydrogens is 416 g/mol. The van der Waals surface area contributed by atoms with Gasteiger partial charge in [-0.2, -0.15) is 0 Å². The number of amides is 2. The molecule has 0 spiro atoms. The molecule has 172 valence electrons. The summed E-state index contributed by atoms with van der Waals surface area (Å²) in [6.07, 6.45) is 3.96. The molecule has 0 bridgehead atoms. The average Bonchev–Trinajstić information content (AvgIpc) is 2.75. The molecule has 2 saturated heterocycles. The number of morpholine rings is 1. The molecule has 1 atom stereocenters. The Morgan fingerprint density at radius 2 is 1.87 bits per heavy atom. The number of benzene rings is 1. The van der Waals surface area contributed by atoms with E-state index in [4.69, 9.17) is 21.1 Å². The first-order valence-electron chi connectivity index (χ1n) is 11.4. The maximum atomic E-state index is 13.1. The number of piperidine rings is 1. The van der Waals surface area contributed by atoms with E-state index in [0.717, 1.165) is 31.5 Å². The standard InChI is InChI=1S/C24H35ClN2O4/c1-18(2)13-22(28)27-11-12-31-24(16-27,15-23(29)26-9-5-4-6-10-26)17-30-20-7-8-21(25)19(3)14-20/h7-8,14,18H,4-6,9-13,15-17H2,1-3H3/t24-/m1/s1. The van der Waals surface area contributed by atoms with E-state index in [9.17, 15) is 9.59 Å². The lowest BCUT2D eigenvalue weighted by Gasteiger charge is -2.43. The Balaban J connectivity index is 1.75. The minimum absolute atomic E-state index is 0.0775. The van der Waals surface area contributed by atoms with Crippen LogP contribution >= 0.6 is 11.6 Å². The first-order chi connectivity index (χ1) is 14.8. The zero-order chi connectivity index (χ0) is 22.4. The predicted octanol–water partition coefficient (Wildman–Crippen LogP) is 4.07. The average molecular weight is 451 g/mol. The molecule has 31 heavy (non-hydrogen) atoms. The Bertz CT molecular complexity index is 779. The number of carbonyl (C=O) groups excluding carboxylic acids is 2. The number of hydrogen-bond donors (Lipinski definition) is 0. The summed E-state index contributed by atoms with van der Waals surface area (Å²) in [5.74, 6) is 1.15. The van der Waals surface area contributed by atoms with Crippen molar-refractivity contribution in [1.29, 1.82) is 0 Å². The molecule has 2 aliphatic rings. The van der Waals surface area contributed by atoms with Gasteiger partial charge in [0.2, 0.25) is 11.8 Å². The van der Waals surface area contributed by atoms with E-state index in [2.05, 4.69) is 0 Å². The molecule has 7 heteroatoms. The molecule has 3 rings (SSSR count). The SMILES string of the molecule is Cc1cc(OC[C@@]2(CC(=O)N3CCCCC3)CN(C(=O)CC(C)C)CCO2)ccc1Cl. The second kappa shape index (κ2) is 10.7. The summed E-state index contributed by atoms with van der Waals surface area (Å²) in [7, 11) is 0. The van der Waals surface area contributed by atoms with Gasteiger partial charge in [0.05, 0.1) is 19.6 Å². The Morgan fingerprint density at radius 1 is 1.13 bits per heavy atom. The number of halogens is 1. The van der Waals surface area contributed by atoms with Gasteiger partial charge in [0, 0.05) is 31.1 Å². The largest absolute Gasteiger partial charge is 0.490 e. The van der Waals surface area contributed by atoms with Gasteiger partial charge in [0.25, 0.3) is 0 Å². The molecule has 6 nitrogen and oxygen atoms in total. The summed E-state index contributed by atoms with van der Waals surface area (Å²) < 4.78 is 12.3. The van der Waals surface area contributed by atoms with Crippen LogP contribution < -0.4 is 4.74 Å². The number of rotatable bonds is 7. The van der Waals surface area contributed by atoms with E-state index < -0.39 is 5.60 Å². The molecule has 2 amide bonds. The second-order valence-corrected chi connectivity index (χ2v) is 9.67. The van der Waals surface area contributed by atoms with Crippen molar-refractivity contribution in [2.24, 2.45) is 5.92 Å². The van der Waals surface area contributed by atoms with Crippen molar-refractivity contribution >= 4 is 23.4 Å². The van der Waals surface area contributed by atoms with Gasteiger partial charge in [-0.15, -0.1) is 0 Å². The molecule has 2 fully saturated rings. The van der Waals surface area contributed by atoms with Crippen LogP contribution in [0, 0.1) is 12.8 Å². The van der Waals surface area contributed by atoms with Gasteiger partial charge in [-0.1, -0.05) is 25.4 Å². The second-order valence-electron chi connectivity index (χ2n) is 9.26. The van der Waals surface area contributed by atoms with Crippen molar-refractivity contribution in [2.75, 3.05) is 39.4 Å².